The topological polar surface area (TPSA) is 80.4 Å². The molecule has 1 aromatic carbocycles. The van der Waals surface area contributed by atoms with Crippen molar-refractivity contribution in [3.8, 4) is 6.07 Å². The molecule has 2 aliphatic heterocycles. The molecule has 0 aliphatic carbocycles. The van der Waals surface area contributed by atoms with E-state index in [-0.39, 0.29) is 23.5 Å². The van der Waals surface area contributed by atoms with Gasteiger partial charge in [-0.15, -0.1) is 11.3 Å². The molecule has 0 saturated carbocycles. The number of hydrogen-bond donors (Lipinski definition) is 1. The van der Waals surface area contributed by atoms with Gasteiger partial charge in [-0.2, -0.15) is 5.26 Å². The van der Waals surface area contributed by atoms with Crippen LogP contribution >= 0.6 is 11.3 Å². The molecule has 3 heterocycles. The van der Waals surface area contributed by atoms with Gasteiger partial charge in [-0.3, -0.25) is 4.79 Å². The van der Waals surface area contributed by atoms with E-state index in [1.54, 1.807) is 11.3 Å². The number of amides is 1. The average molecular weight is 491 g/mol. The van der Waals surface area contributed by atoms with Crippen LogP contribution in [0.4, 0.5) is 0 Å². The molecule has 0 spiro atoms. The summed E-state index contributed by atoms with van der Waals surface area (Å²) in [4.78, 5) is 17.5. The van der Waals surface area contributed by atoms with Gasteiger partial charge >= 0.3 is 0 Å². The second kappa shape index (κ2) is 9.96. The van der Waals surface area contributed by atoms with Gasteiger partial charge in [0.15, 0.2) is 0 Å². The van der Waals surface area contributed by atoms with Gasteiger partial charge in [0.2, 0.25) is 0 Å². The lowest BCUT2D eigenvalue weighted by Crippen LogP contribution is -2.52. The maximum atomic E-state index is 13.4. The van der Waals surface area contributed by atoms with Crippen molar-refractivity contribution in [3.63, 3.8) is 0 Å². The summed E-state index contributed by atoms with van der Waals surface area (Å²) >= 11 is 1.60. The third-order valence-electron chi connectivity index (χ3n) is 6.86. The Labute approximate surface area is 212 Å². The fourth-order valence-corrected chi connectivity index (χ4v) is 5.78. The van der Waals surface area contributed by atoms with Gasteiger partial charge in [-0.25, -0.2) is 0 Å². The molecule has 6 nitrogen and oxygen atoms in total. The van der Waals surface area contributed by atoms with E-state index >= 15 is 0 Å². The van der Waals surface area contributed by atoms with Crippen molar-refractivity contribution in [2.24, 2.45) is 5.92 Å². The Balaban J connectivity index is 1.55. The molecule has 4 rings (SSSR count). The minimum atomic E-state index is -0.381. The Bertz CT molecular complexity index is 1250. The fourth-order valence-electron chi connectivity index (χ4n) is 4.84. The van der Waals surface area contributed by atoms with Crippen LogP contribution in [0.15, 0.2) is 52.6 Å². The summed E-state index contributed by atoms with van der Waals surface area (Å²) in [6.07, 6.45) is 2.53. The molecule has 1 fully saturated rings. The van der Waals surface area contributed by atoms with Crippen LogP contribution in [0.5, 0.6) is 0 Å². The molecular formula is C28H34N4O2S. The number of nitrogens with one attached hydrogen (secondary N) is 1. The molecule has 1 saturated heterocycles. The number of benzene rings is 1. The van der Waals surface area contributed by atoms with Crippen LogP contribution in [-0.2, 0) is 4.74 Å². The Morgan fingerprint density at radius 2 is 2.03 bits per heavy atom. The summed E-state index contributed by atoms with van der Waals surface area (Å²) in [5, 5.41) is 21.7. The second-order valence-electron chi connectivity index (χ2n) is 10.4. The number of nitriles is 1. The minimum absolute atomic E-state index is 0.0136. The van der Waals surface area contributed by atoms with Crippen LogP contribution < -0.4 is 0 Å². The van der Waals surface area contributed by atoms with E-state index in [2.05, 4.69) is 17.9 Å². The van der Waals surface area contributed by atoms with Crippen molar-refractivity contribution in [2.45, 2.75) is 52.7 Å². The SMILES string of the molecule is CC(C)C(=N)C1=C(/C(C#N)=C/N2CCN(C(=O)c3csc4ccccc34)[C@H](C)C2)CC(C)(C)OC1. The van der Waals surface area contributed by atoms with Gasteiger partial charge in [0.1, 0.15) is 6.07 Å². The highest BCUT2D eigenvalue weighted by Gasteiger charge is 2.33. The number of piperazine rings is 1. The molecule has 2 aromatic rings. The molecule has 1 atom stereocenters. The standard InChI is InChI=1S/C28H34N4O2S/c1-18(2)26(30)23-16-34-28(4,5)12-22(23)20(13-29)15-31-10-11-32(19(3)14-31)27(33)24-17-35-25-9-7-6-8-21(24)25/h6-9,15,17-19,30H,10-12,14,16H2,1-5H3/b20-15+,30-26?/t19-/m1/s1. The van der Waals surface area contributed by atoms with E-state index < -0.39 is 0 Å². The van der Waals surface area contributed by atoms with Crippen LogP contribution in [0.1, 0.15) is 51.4 Å². The lowest BCUT2D eigenvalue weighted by Gasteiger charge is -2.40. The van der Waals surface area contributed by atoms with Crippen LogP contribution in [0, 0.1) is 22.7 Å². The van der Waals surface area contributed by atoms with Crippen molar-refractivity contribution < 1.29 is 9.53 Å². The second-order valence-corrected chi connectivity index (χ2v) is 11.3. The van der Waals surface area contributed by atoms with Crippen LogP contribution in [0.2, 0.25) is 0 Å². The maximum absolute atomic E-state index is 13.4. The normalized spacial score (nSPS) is 20.9. The van der Waals surface area contributed by atoms with Crippen molar-refractivity contribution in [3.05, 3.63) is 58.1 Å². The molecular weight excluding hydrogens is 456 g/mol. The van der Waals surface area contributed by atoms with Crippen LogP contribution in [0.3, 0.4) is 0 Å². The van der Waals surface area contributed by atoms with Gasteiger partial charge in [-0.1, -0.05) is 32.0 Å². The molecule has 2 aliphatic rings. The molecule has 1 amide bonds. The molecule has 0 bridgehead atoms. The molecule has 0 radical (unpaired) electrons. The van der Waals surface area contributed by atoms with E-state index in [4.69, 9.17) is 10.1 Å². The van der Waals surface area contributed by atoms with E-state index in [0.717, 1.165) is 26.8 Å². The quantitative estimate of drug-likeness (QED) is 0.435. The molecule has 184 valence electrons. The number of carbonyl (C=O) groups is 1. The Morgan fingerprint density at radius 1 is 1.29 bits per heavy atom. The molecule has 1 N–H and O–H groups in total. The van der Waals surface area contributed by atoms with Crippen molar-refractivity contribution in [1.29, 1.82) is 10.7 Å². The summed E-state index contributed by atoms with van der Waals surface area (Å²) in [7, 11) is 0. The molecule has 35 heavy (non-hydrogen) atoms. The lowest BCUT2D eigenvalue weighted by atomic mass is 9.84. The number of allylic oxidation sites excluding steroid dienone is 1. The maximum Gasteiger partial charge on any atom is 0.255 e. The lowest BCUT2D eigenvalue weighted by molar-refractivity contribution is -0.0115. The van der Waals surface area contributed by atoms with Crippen molar-refractivity contribution in [1.82, 2.24) is 9.80 Å². The minimum Gasteiger partial charge on any atom is -0.372 e. The number of rotatable bonds is 5. The van der Waals surface area contributed by atoms with E-state index in [1.807, 2.05) is 68.4 Å². The fraction of sp³-hybridized carbons (Fsp3) is 0.464. The van der Waals surface area contributed by atoms with Gasteiger partial charge < -0.3 is 19.9 Å². The number of nitrogens with zero attached hydrogens (tertiary/aromatic N) is 3. The van der Waals surface area contributed by atoms with Gasteiger partial charge in [0, 0.05) is 65.0 Å². The Morgan fingerprint density at radius 3 is 2.71 bits per heavy atom. The van der Waals surface area contributed by atoms with Crippen molar-refractivity contribution in [2.75, 3.05) is 26.2 Å². The van der Waals surface area contributed by atoms with Gasteiger partial charge in [0.25, 0.3) is 5.91 Å². The smallest absolute Gasteiger partial charge is 0.255 e. The third-order valence-corrected chi connectivity index (χ3v) is 7.83. The van der Waals surface area contributed by atoms with Crippen molar-refractivity contribution >= 4 is 33.0 Å². The first-order chi connectivity index (χ1) is 16.6. The highest BCUT2D eigenvalue weighted by atomic mass is 32.1. The Hall–Kier alpha value is -2.95. The van der Waals surface area contributed by atoms with Crippen LogP contribution in [-0.4, -0.2) is 59.3 Å². The number of thiophene rings is 1. The van der Waals surface area contributed by atoms with E-state index in [1.165, 1.54) is 0 Å². The summed E-state index contributed by atoms with van der Waals surface area (Å²) in [5.74, 6) is 0.133. The highest BCUT2D eigenvalue weighted by molar-refractivity contribution is 7.17. The Kier molecular flexibility index (Phi) is 7.16. The van der Waals surface area contributed by atoms with Gasteiger partial charge in [-0.05, 0) is 38.3 Å². The predicted octanol–water partition coefficient (Wildman–Crippen LogP) is 5.63. The van der Waals surface area contributed by atoms with Crippen LogP contribution in [0.25, 0.3) is 10.1 Å². The third kappa shape index (κ3) is 5.19. The predicted molar refractivity (Wildman–Crippen MR) is 142 cm³/mol. The summed E-state index contributed by atoms with van der Waals surface area (Å²) < 4.78 is 7.12. The zero-order valence-corrected chi connectivity index (χ0v) is 22.0. The largest absolute Gasteiger partial charge is 0.372 e. The molecule has 7 heteroatoms. The zero-order valence-electron chi connectivity index (χ0n) is 21.2. The zero-order chi connectivity index (χ0) is 25.3. The number of carbonyl (C=O) groups excluding carboxylic acids is 1. The molecule has 1 aromatic heterocycles. The first kappa shape index (κ1) is 25.2. The molecule has 0 unspecified atom stereocenters. The number of ether oxygens (including phenoxy) is 1. The number of hydrogen-bond acceptors (Lipinski definition) is 6. The summed E-state index contributed by atoms with van der Waals surface area (Å²) in [6.45, 7) is 12.4. The average Bonchev–Trinajstić information content (AvgIpc) is 3.25. The number of fused-ring (bicyclic) bond motifs is 1. The first-order valence-corrected chi connectivity index (χ1v) is 13.1. The van der Waals surface area contributed by atoms with Gasteiger partial charge in [0.05, 0.1) is 23.3 Å². The summed E-state index contributed by atoms with van der Waals surface area (Å²) in [6, 6.07) is 10.4. The van der Waals surface area contributed by atoms with E-state index in [9.17, 15) is 10.1 Å². The first-order valence-electron chi connectivity index (χ1n) is 12.2. The van der Waals surface area contributed by atoms with E-state index in [0.29, 0.717) is 43.9 Å². The monoisotopic (exact) mass is 490 g/mol. The highest BCUT2D eigenvalue weighted by Crippen LogP contribution is 2.35. The summed E-state index contributed by atoms with van der Waals surface area (Å²) in [5.41, 5.74) is 3.26.